The Kier molecular flexibility index (Phi) is 3.93. The molecule has 0 fully saturated rings. The second-order valence-corrected chi connectivity index (χ2v) is 4.13. The van der Waals surface area contributed by atoms with E-state index in [0.29, 0.717) is 5.92 Å². The van der Waals surface area contributed by atoms with Crippen molar-refractivity contribution < 1.29 is 5.11 Å². The molecular weight excluding hydrogens is 198 g/mol. The molecule has 2 nitrogen and oxygen atoms in total. The Balaban J connectivity index is 3.00. The third-order valence-corrected chi connectivity index (χ3v) is 2.60. The van der Waals surface area contributed by atoms with Crippen LogP contribution in [0.2, 0.25) is 5.02 Å². The molecule has 1 aromatic carbocycles. The van der Waals surface area contributed by atoms with Crippen LogP contribution in [0.3, 0.4) is 0 Å². The number of aliphatic hydroxyl groups is 1. The van der Waals surface area contributed by atoms with Crippen LogP contribution in [-0.4, -0.2) is 11.7 Å². The van der Waals surface area contributed by atoms with E-state index >= 15 is 0 Å². The second-order valence-electron chi connectivity index (χ2n) is 3.72. The van der Waals surface area contributed by atoms with Crippen LogP contribution in [0.1, 0.15) is 36.9 Å². The van der Waals surface area contributed by atoms with Gasteiger partial charge in [0.2, 0.25) is 0 Å². The summed E-state index contributed by atoms with van der Waals surface area (Å²) in [5, 5.41) is 9.61. The van der Waals surface area contributed by atoms with Crippen molar-refractivity contribution in [2.75, 3.05) is 6.61 Å². The maximum absolute atomic E-state index is 8.89. The summed E-state index contributed by atoms with van der Waals surface area (Å²) in [5.41, 5.74) is 7.67. The molecule has 0 heterocycles. The standard InChI is InChI=1S/C11H16ClNO/c1-7(2)9-4-3-8(5-10(9)12)11(13)6-14/h3-5,7,11,14H,6,13H2,1-2H3. The second kappa shape index (κ2) is 4.78. The molecule has 0 amide bonds. The smallest absolute Gasteiger partial charge is 0.0624 e. The Morgan fingerprint density at radius 3 is 2.50 bits per heavy atom. The molecule has 0 saturated carbocycles. The van der Waals surface area contributed by atoms with Gasteiger partial charge in [0.15, 0.2) is 0 Å². The van der Waals surface area contributed by atoms with Crippen molar-refractivity contribution in [1.82, 2.24) is 0 Å². The third kappa shape index (κ3) is 2.47. The highest BCUT2D eigenvalue weighted by Gasteiger charge is 2.09. The van der Waals surface area contributed by atoms with Crippen LogP contribution < -0.4 is 5.73 Å². The van der Waals surface area contributed by atoms with Crippen molar-refractivity contribution in [3.05, 3.63) is 34.3 Å². The molecule has 3 N–H and O–H groups in total. The lowest BCUT2D eigenvalue weighted by Gasteiger charge is -2.13. The quantitative estimate of drug-likeness (QED) is 0.810. The maximum Gasteiger partial charge on any atom is 0.0624 e. The molecule has 1 atom stereocenters. The first-order valence-corrected chi connectivity index (χ1v) is 5.09. The number of benzene rings is 1. The number of nitrogens with two attached hydrogens (primary N) is 1. The summed E-state index contributed by atoms with van der Waals surface area (Å²) in [7, 11) is 0. The summed E-state index contributed by atoms with van der Waals surface area (Å²) in [6, 6.07) is 5.38. The van der Waals surface area contributed by atoms with Gasteiger partial charge >= 0.3 is 0 Å². The van der Waals surface area contributed by atoms with Crippen LogP contribution in [-0.2, 0) is 0 Å². The molecule has 0 aliphatic carbocycles. The first-order valence-electron chi connectivity index (χ1n) is 4.72. The minimum absolute atomic E-state index is 0.0582. The molecule has 0 saturated heterocycles. The van der Waals surface area contributed by atoms with Crippen molar-refractivity contribution in [2.24, 2.45) is 5.73 Å². The predicted molar refractivity (Wildman–Crippen MR) is 59.6 cm³/mol. The molecule has 1 unspecified atom stereocenters. The van der Waals surface area contributed by atoms with E-state index in [1.807, 2.05) is 18.2 Å². The fourth-order valence-corrected chi connectivity index (χ4v) is 1.75. The first kappa shape index (κ1) is 11.5. The fraction of sp³-hybridized carbons (Fsp3) is 0.455. The summed E-state index contributed by atoms with van der Waals surface area (Å²) in [4.78, 5) is 0. The molecule has 1 rings (SSSR count). The molecule has 78 valence electrons. The number of aliphatic hydroxyl groups excluding tert-OH is 1. The van der Waals surface area contributed by atoms with E-state index < -0.39 is 0 Å². The normalized spacial score (nSPS) is 13.3. The molecule has 14 heavy (non-hydrogen) atoms. The lowest BCUT2D eigenvalue weighted by molar-refractivity contribution is 0.268. The summed E-state index contributed by atoms with van der Waals surface area (Å²) < 4.78 is 0. The maximum atomic E-state index is 8.89. The lowest BCUT2D eigenvalue weighted by atomic mass is 9.99. The van der Waals surface area contributed by atoms with Crippen LogP contribution in [0.25, 0.3) is 0 Å². The fourth-order valence-electron chi connectivity index (χ4n) is 1.35. The van der Waals surface area contributed by atoms with E-state index in [9.17, 15) is 0 Å². The molecular formula is C11H16ClNO. The van der Waals surface area contributed by atoms with Gasteiger partial charge in [-0.15, -0.1) is 0 Å². The molecule has 0 spiro atoms. The van der Waals surface area contributed by atoms with Crippen LogP contribution in [0, 0.1) is 0 Å². The average Bonchev–Trinajstić information content (AvgIpc) is 2.15. The van der Waals surface area contributed by atoms with E-state index in [2.05, 4.69) is 13.8 Å². The number of halogens is 1. The summed E-state index contributed by atoms with van der Waals surface area (Å²) in [6.45, 7) is 4.12. The van der Waals surface area contributed by atoms with Crippen LogP contribution in [0.4, 0.5) is 0 Å². The van der Waals surface area contributed by atoms with Gasteiger partial charge < -0.3 is 10.8 Å². The van der Waals surface area contributed by atoms with Crippen molar-refractivity contribution >= 4 is 11.6 Å². The SMILES string of the molecule is CC(C)c1ccc(C(N)CO)cc1Cl. The van der Waals surface area contributed by atoms with E-state index in [4.69, 9.17) is 22.4 Å². The molecule has 0 aliphatic rings. The Morgan fingerprint density at radius 2 is 2.07 bits per heavy atom. The molecule has 3 heteroatoms. The highest BCUT2D eigenvalue weighted by molar-refractivity contribution is 6.31. The highest BCUT2D eigenvalue weighted by Crippen LogP contribution is 2.26. The first-order chi connectivity index (χ1) is 6.56. The lowest BCUT2D eigenvalue weighted by Crippen LogP contribution is -2.14. The van der Waals surface area contributed by atoms with Gasteiger partial charge in [-0.2, -0.15) is 0 Å². The predicted octanol–water partition coefficient (Wildman–Crippen LogP) is 2.46. The minimum atomic E-state index is -0.339. The molecule has 1 aromatic rings. The molecule has 0 aromatic heterocycles. The molecule has 0 aliphatic heterocycles. The molecule has 0 radical (unpaired) electrons. The highest BCUT2D eigenvalue weighted by atomic mass is 35.5. The van der Waals surface area contributed by atoms with Gasteiger partial charge in [0.05, 0.1) is 12.6 Å². The van der Waals surface area contributed by atoms with Gasteiger partial charge in [-0.25, -0.2) is 0 Å². The third-order valence-electron chi connectivity index (χ3n) is 2.27. The summed E-state index contributed by atoms with van der Waals surface area (Å²) in [5.74, 6) is 0.405. The zero-order chi connectivity index (χ0) is 10.7. The summed E-state index contributed by atoms with van der Waals surface area (Å²) in [6.07, 6.45) is 0. The minimum Gasteiger partial charge on any atom is -0.394 e. The van der Waals surface area contributed by atoms with E-state index in [-0.39, 0.29) is 12.6 Å². The number of rotatable bonds is 3. The largest absolute Gasteiger partial charge is 0.394 e. The van der Waals surface area contributed by atoms with Crippen LogP contribution >= 0.6 is 11.6 Å². The van der Waals surface area contributed by atoms with Gasteiger partial charge in [0.1, 0.15) is 0 Å². The monoisotopic (exact) mass is 213 g/mol. The number of hydrogen-bond donors (Lipinski definition) is 2. The van der Waals surface area contributed by atoms with Crippen molar-refractivity contribution in [1.29, 1.82) is 0 Å². The Hall–Kier alpha value is -0.570. The van der Waals surface area contributed by atoms with E-state index in [1.165, 1.54) is 0 Å². The topological polar surface area (TPSA) is 46.2 Å². The van der Waals surface area contributed by atoms with Gasteiger partial charge in [-0.1, -0.05) is 37.6 Å². The molecule has 0 bridgehead atoms. The van der Waals surface area contributed by atoms with Crippen molar-refractivity contribution in [3.8, 4) is 0 Å². The Labute approximate surface area is 89.7 Å². The van der Waals surface area contributed by atoms with Crippen LogP contribution in [0.15, 0.2) is 18.2 Å². The van der Waals surface area contributed by atoms with Gasteiger partial charge in [-0.3, -0.25) is 0 Å². The van der Waals surface area contributed by atoms with Gasteiger partial charge in [0, 0.05) is 5.02 Å². The van der Waals surface area contributed by atoms with Gasteiger partial charge in [-0.05, 0) is 23.1 Å². The van der Waals surface area contributed by atoms with E-state index in [1.54, 1.807) is 0 Å². The Bertz CT molecular complexity index is 312. The number of hydrogen-bond acceptors (Lipinski definition) is 2. The zero-order valence-corrected chi connectivity index (χ0v) is 9.25. The summed E-state index contributed by atoms with van der Waals surface area (Å²) >= 11 is 6.09. The Morgan fingerprint density at radius 1 is 1.43 bits per heavy atom. The van der Waals surface area contributed by atoms with E-state index in [0.717, 1.165) is 16.1 Å². The zero-order valence-electron chi connectivity index (χ0n) is 8.50. The average molecular weight is 214 g/mol. The van der Waals surface area contributed by atoms with Gasteiger partial charge in [0.25, 0.3) is 0 Å². The van der Waals surface area contributed by atoms with Crippen molar-refractivity contribution in [2.45, 2.75) is 25.8 Å². The van der Waals surface area contributed by atoms with Crippen LogP contribution in [0.5, 0.6) is 0 Å². The van der Waals surface area contributed by atoms with Crippen molar-refractivity contribution in [3.63, 3.8) is 0 Å².